The molecule has 0 aliphatic carbocycles. The second-order valence-corrected chi connectivity index (χ2v) is 9.97. The van der Waals surface area contributed by atoms with Crippen LogP contribution in [0, 0.1) is 12.8 Å². The lowest BCUT2D eigenvalue weighted by Gasteiger charge is -2.32. The third kappa shape index (κ3) is 5.01. The van der Waals surface area contributed by atoms with Crippen LogP contribution in [0.2, 0.25) is 0 Å². The van der Waals surface area contributed by atoms with E-state index < -0.39 is 0 Å². The molecule has 0 bridgehead atoms. The monoisotopic (exact) mass is 481 g/mol. The van der Waals surface area contributed by atoms with Crippen LogP contribution < -0.4 is 15.8 Å². The highest BCUT2D eigenvalue weighted by atomic mass is 32.1. The number of fused-ring (bicyclic) bond motifs is 1. The first-order valence-electron chi connectivity index (χ1n) is 12.0. The van der Waals surface area contributed by atoms with Gasteiger partial charge in [0.25, 0.3) is 5.56 Å². The van der Waals surface area contributed by atoms with Crippen LogP contribution >= 0.6 is 11.3 Å². The third-order valence-corrected chi connectivity index (χ3v) is 7.71. The molecule has 2 saturated heterocycles. The average Bonchev–Trinajstić information content (AvgIpc) is 3.29. The Bertz CT molecular complexity index is 1210. The number of anilines is 1. The molecule has 3 aromatic rings. The molecule has 2 aliphatic heterocycles. The molecule has 0 unspecified atom stereocenters. The Kier molecular flexibility index (Phi) is 6.94. The lowest BCUT2D eigenvalue weighted by Crippen LogP contribution is -2.44. The molecular weight excluding hydrogens is 450 g/mol. The maximum Gasteiger partial charge on any atom is 0.270 e. The highest BCUT2D eigenvalue weighted by Gasteiger charge is 2.26. The topological polar surface area (TPSA) is 90.6 Å². The van der Waals surface area contributed by atoms with E-state index >= 15 is 0 Å². The summed E-state index contributed by atoms with van der Waals surface area (Å²) in [6.45, 7) is 8.39. The minimum Gasteiger partial charge on any atom is -0.379 e. The van der Waals surface area contributed by atoms with Crippen molar-refractivity contribution in [3.8, 4) is 11.1 Å². The first-order valence-corrected chi connectivity index (χ1v) is 12.9. The van der Waals surface area contributed by atoms with E-state index in [1.165, 1.54) is 16.9 Å². The second kappa shape index (κ2) is 10.2. The van der Waals surface area contributed by atoms with Crippen molar-refractivity contribution < 1.29 is 9.53 Å². The van der Waals surface area contributed by atoms with Gasteiger partial charge in [0.05, 0.1) is 18.7 Å². The van der Waals surface area contributed by atoms with Gasteiger partial charge >= 0.3 is 0 Å². The maximum atomic E-state index is 12.8. The first kappa shape index (κ1) is 23.0. The lowest BCUT2D eigenvalue weighted by atomic mass is 9.96. The van der Waals surface area contributed by atoms with Gasteiger partial charge in [-0.1, -0.05) is 29.8 Å². The quantitative estimate of drug-likeness (QED) is 0.563. The molecule has 4 heterocycles. The summed E-state index contributed by atoms with van der Waals surface area (Å²) in [5, 5.41) is 5.12. The number of hydrogen-bond donors (Lipinski definition) is 2. The number of H-pyrrole nitrogens is 1. The first-order chi connectivity index (χ1) is 16.6. The predicted octanol–water partition coefficient (Wildman–Crippen LogP) is 2.62. The van der Waals surface area contributed by atoms with Crippen molar-refractivity contribution in [2.24, 2.45) is 5.92 Å². The smallest absolute Gasteiger partial charge is 0.270 e. The minimum absolute atomic E-state index is 0.000365. The van der Waals surface area contributed by atoms with Crippen molar-refractivity contribution in [1.82, 2.24) is 20.2 Å². The van der Waals surface area contributed by atoms with E-state index in [4.69, 9.17) is 9.72 Å². The molecule has 5 rings (SSSR count). The van der Waals surface area contributed by atoms with Gasteiger partial charge in [0, 0.05) is 56.1 Å². The van der Waals surface area contributed by atoms with Gasteiger partial charge in [-0.25, -0.2) is 4.98 Å². The van der Waals surface area contributed by atoms with Gasteiger partial charge in [-0.05, 0) is 25.3 Å². The van der Waals surface area contributed by atoms with Crippen LogP contribution in [0.15, 0.2) is 34.4 Å². The van der Waals surface area contributed by atoms with Gasteiger partial charge in [0.2, 0.25) is 11.9 Å². The summed E-state index contributed by atoms with van der Waals surface area (Å²) in [6, 6.07) is 8.26. The Morgan fingerprint density at radius 2 is 2.03 bits per heavy atom. The molecule has 1 aromatic carbocycles. The molecule has 0 atom stereocenters. The van der Waals surface area contributed by atoms with Crippen molar-refractivity contribution in [2.75, 3.05) is 57.4 Å². The van der Waals surface area contributed by atoms with E-state index in [9.17, 15) is 9.59 Å². The van der Waals surface area contributed by atoms with Crippen molar-refractivity contribution in [3.05, 3.63) is 45.6 Å². The third-order valence-electron chi connectivity index (χ3n) is 6.74. The lowest BCUT2D eigenvalue weighted by molar-refractivity contribution is -0.125. The highest BCUT2D eigenvalue weighted by Crippen LogP contribution is 2.32. The zero-order chi connectivity index (χ0) is 23.5. The van der Waals surface area contributed by atoms with Crippen LogP contribution in [0.5, 0.6) is 0 Å². The molecule has 9 heteroatoms. The van der Waals surface area contributed by atoms with E-state index in [0.717, 1.165) is 62.3 Å². The summed E-state index contributed by atoms with van der Waals surface area (Å²) < 4.78 is 6.02. The van der Waals surface area contributed by atoms with Crippen molar-refractivity contribution in [2.45, 2.75) is 19.8 Å². The average molecular weight is 482 g/mol. The Morgan fingerprint density at radius 1 is 1.24 bits per heavy atom. The summed E-state index contributed by atoms with van der Waals surface area (Å²) in [4.78, 5) is 37.7. The number of ether oxygens (including phenoxy) is 1. The fraction of sp³-hybridized carbons (Fsp3) is 0.480. The number of carbonyl (C=O) groups excluding carboxylic acids is 1. The van der Waals surface area contributed by atoms with Gasteiger partial charge in [0.15, 0.2) is 0 Å². The van der Waals surface area contributed by atoms with E-state index in [0.29, 0.717) is 30.3 Å². The number of aryl methyl sites for hydroxylation is 1. The van der Waals surface area contributed by atoms with Crippen LogP contribution in [0.4, 0.5) is 5.95 Å². The number of thiophene rings is 1. The van der Waals surface area contributed by atoms with Crippen molar-refractivity contribution in [1.29, 1.82) is 0 Å². The molecule has 1 amide bonds. The number of nitrogens with zero attached hydrogens (tertiary/aromatic N) is 3. The number of benzene rings is 1. The number of carbonyl (C=O) groups is 1. The largest absolute Gasteiger partial charge is 0.379 e. The van der Waals surface area contributed by atoms with Crippen LogP contribution in [-0.4, -0.2) is 73.3 Å². The number of piperidine rings is 1. The van der Waals surface area contributed by atoms with Crippen LogP contribution in [0.1, 0.15) is 18.4 Å². The predicted molar refractivity (Wildman–Crippen MR) is 136 cm³/mol. The fourth-order valence-corrected chi connectivity index (χ4v) is 5.65. The number of morpholine rings is 1. The van der Waals surface area contributed by atoms with Crippen molar-refractivity contribution >= 4 is 33.4 Å². The standard InChI is InChI=1S/C25H31N5O3S/c1-17-3-2-4-19(15-17)20-16-34-22-21(20)27-25(28-24(22)32)30-8-5-18(6-9-30)23(31)26-7-10-29-11-13-33-14-12-29/h2-4,15-16,18H,5-14H2,1H3,(H,26,31)(H,27,28,32). The summed E-state index contributed by atoms with van der Waals surface area (Å²) >= 11 is 1.43. The van der Waals surface area contributed by atoms with E-state index in [-0.39, 0.29) is 17.4 Å². The van der Waals surface area contributed by atoms with Crippen LogP contribution in [0.25, 0.3) is 21.3 Å². The molecule has 0 radical (unpaired) electrons. The molecular formula is C25H31N5O3S. The summed E-state index contributed by atoms with van der Waals surface area (Å²) in [6.07, 6.45) is 1.50. The number of aromatic nitrogens is 2. The summed E-state index contributed by atoms with van der Waals surface area (Å²) in [5.41, 5.74) is 3.88. The highest BCUT2D eigenvalue weighted by molar-refractivity contribution is 7.17. The van der Waals surface area contributed by atoms with Crippen LogP contribution in [-0.2, 0) is 9.53 Å². The zero-order valence-corrected chi connectivity index (χ0v) is 20.3. The SMILES string of the molecule is Cc1cccc(-c2csc3c(=O)[nH]c(N4CCC(C(=O)NCCN5CCOCC5)CC4)nc23)c1. The maximum absolute atomic E-state index is 12.8. The van der Waals surface area contributed by atoms with Gasteiger partial charge in [-0.15, -0.1) is 11.3 Å². The van der Waals surface area contributed by atoms with Crippen molar-refractivity contribution in [3.63, 3.8) is 0 Å². The van der Waals surface area contributed by atoms with Crippen LogP contribution in [0.3, 0.4) is 0 Å². The molecule has 2 aromatic heterocycles. The zero-order valence-electron chi connectivity index (χ0n) is 19.5. The summed E-state index contributed by atoms with van der Waals surface area (Å²) in [7, 11) is 0. The Balaban J connectivity index is 1.22. The molecule has 2 fully saturated rings. The van der Waals surface area contributed by atoms with Gasteiger partial charge in [-0.2, -0.15) is 0 Å². The number of amides is 1. The molecule has 2 aliphatic rings. The Morgan fingerprint density at radius 3 is 2.79 bits per heavy atom. The number of aromatic amines is 1. The van der Waals surface area contributed by atoms with E-state index in [2.05, 4.69) is 45.2 Å². The molecule has 180 valence electrons. The number of rotatable bonds is 6. The number of hydrogen-bond acceptors (Lipinski definition) is 7. The van der Waals surface area contributed by atoms with E-state index in [1.54, 1.807) is 0 Å². The molecule has 34 heavy (non-hydrogen) atoms. The molecule has 8 nitrogen and oxygen atoms in total. The molecule has 0 spiro atoms. The Hall–Kier alpha value is -2.75. The minimum atomic E-state index is -0.105. The van der Waals surface area contributed by atoms with Gasteiger partial charge in [0.1, 0.15) is 4.70 Å². The fourth-order valence-electron chi connectivity index (χ4n) is 4.74. The molecule has 2 N–H and O–H groups in total. The normalized spacial score (nSPS) is 17.9. The van der Waals surface area contributed by atoms with E-state index in [1.807, 2.05) is 11.4 Å². The number of nitrogens with one attached hydrogen (secondary N) is 2. The Labute approximate surface area is 202 Å². The van der Waals surface area contributed by atoms with Gasteiger partial charge < -0.3 is 15.0 Å². The second-order valence-electron chi connectivity index (χ2n) is 9.09. The molecule has 0 saturated carbocycles. The van der Waals surface area contributed by atoms with Gasteiger partial charge in [-0.3, -0.25) is 19.5 Å². The summed E-state index contributed by atoms with van der Waals surface area (Å²) in [5.74, 6) is 0.723.